The molecule has 4 aromatic rings. The van der Waals surface area contributed by atoms with Gasteiger partial charge in [-0.05, 0) is 38.1 Å². The van der Waals surface area contributed by atoms with Gasteiger partial charge in [0.15, 0.2) is 22.8 Å². The van der Waals surface area contributed by atoms with Crippen LogP contribution >= 0.6 is 0 Å². The van der Waals surface area contributed by atoms with Crippen molar-refractivity contribution in [3.05, 3.63) is 58.7 Å². The number of ether oxygens (including phenoxy) is 2. The number of amides is 1. The van der Waals surface area contributed by atoms with Crippen molar-refractivity contribution in [1.29, 1.82) is 0 Å². The van der Waals surface area contributed by atoms with Gasteiger partial charge in [-0.2, -0.15) is 23.4 Å². The van der Waals surface area contributed by atoms with Gasteiger partial charge in [-0.1, -0.05) is 0 Å². The van der Waals surface area contributed by atoms with Crippen LogP contribution in [0.3, 0.4) is 0 Å². The number of benzene rings is 1. The molecule has 184 valence electrons. The van der Waals surface area contributed by atoms with Crippen LogP contribution in [0.1, 0.15) is 33.0 Å². The highest BCUT2D eigenvalue weighted by molar-refractivity contribution is 5.99. The molecular formula is C23H23F3N6O3. The van der Waals surface area contributed by atoms with Crippen molar-refractivity contribution in [2.45, 2.75) is 26.6 Å². The lowest BCUT2D eigenvalue weighted by Gasteiger charge is -2.13. The van der Waals surface area contributed by atoms with Gasteiger partial charge in [0.25, 0.3) is 5.91 Å². The van der Waals surface area contributed by atoms with Crippen LogP contribution < -0.4 is 14.8 Å². The number of methoxy groups -OCH3 is 2. The first-order chi connectivity index (χ1) is 16.5. The topological polar surface area (TPSA) is 95.6 Å². The van der Waals surface area contributed by atoms with Gasteiger partial charge in [0.05, 0.1) is 31.8 Å². The van der Waals surface area contributed by atoms with Crippen molar-refractivity contribution in [1.82, 2.24) is 29.7 Å². The fraction of sp³-hybridized carbons (Fsp3) is 0.304. The largest absolute Gasteiger partial charge is 0.493 e. The zero-order chi connectivity index (χ0) is 25.5. The summed E-state index contributed by atoms with van der Waals surface area (Å²) in [5.41, 5.74) is 1.43. The number of nitrogens with zero attached hydrogens (tertiary/aromatic N) is 5. The molecule has 0 radical (unpaired) electrons. The van der Waals surface area contributed by atoms with E-state index in [1.807, 2.05) is 13.8 Å². The van der Waals surface area contributed by atoms with E-state index < -0.39 is 17.8 Å². The van der Waals surface area contributed by atoms with E-state index in [0.717, 1.165) is 29.2 Å². The number of nitrogens with one attached hydrogen (secondary N) is 1. The fourth-order valence-electron chi connectivity index (χ4n) is 3.81. The molecule has 0 aliphatic carbocycles. The number of alkyl halides is 3. The van der Waals surface area contributed by atoms with Crippen LogP contribution in [0, 0.1) is 13.8 Å². The molecule has 0 saturated heterocycles. The maximum Gasteiger partial charge on any atom is 0.433 e. The van der Waals surface area contributed by atoms with Crippen LogP contribution in [-0.4, -0.2) is 44.5 Å². The average Bonchev–Trinajstić information content (AvgIpc) is 3.35. The van der Waals surface area contributed by atoms with E-state index in [-0.39, 0.29) is 23.4 Å². The highest BCUT2D eigenvalue weighted by Gasteiger charge is 2.36. The summed E-state index contributed by atoms with van der Waals surface area (Å²) in [6.45, 7) is 3.84. The van der Waals surface area contributed by atoms with Gasteiger partial charge >= 0.3 is 6.18 Å². The Hall–Kier alpha value is -4.09. The average molecular weight is 488 g/mol. The predicted molar refractivity (Wildman–Crippen MR) is 120 cm³/mol. The number of fused-ring (bicyclic) bond motifs is 1. The molecule has 3 aromatic heterocycles. The Morgan fingerprint density at radius 2 is 1.83 bits per heavy atom. The van der Waals surface area contributed by atoms with Gasteiger partial charge in [0, 0.05) is 30.4 Å². The summed E-state index contributed by atoms with van der Waals surface area (Å²) in [6, 6.07) is 5.52. The number of rotatable bonds is 6. The lowest BCUT2D eigenvalue weighted by atomic mass is 10.1. The molecule has 0 spiro atoms. The summed E-state index contributed by atoms with van der Waals surface area (Å²) in [5, 5.41) is 10.8. The molecule has 1 aromatic carbocycles. The minimum Gasteiger partial charge on any atom is -0.493 e. The maximum atomic E-state index is 13.9. The summed E-state index contributed by atoms with van der Waals surface area (Å²) < 4.78 is 54.5. The molecular weight excluding hydrogens is 465 g/mol. The second-order valence-corrected chi connectivity index (χ2v) is 7.84. The smallest absolute Gasteiger partial charge is 0.433 e. The number of carbonyl (C=O) groups excluding carboxylic acids is 1. The third-order valence-corrected chi connectivity index (χ3v) is 5.77. The van der Waals surface area contributed by atoms with E-state index in [1.54, 1.807) is 23.9 Å². The van der Waals surface area contributed by atoms with E-state index in [2.05, 4.69) is 20.5 Å². The molecule has 12 heteroatoms. The summed E-state index contributed by atoms with van der Waals surface area (Å²) in [7, 11) is 4.66. The fourth-order valence-corrected chi connectivity index (χ4v) is 3.81. The molecule has 0 bridgehead atoms. The van der Waals surface area contributed by atoms with Crippen LogP contribution in [0.2, 0.25) is 0 Å². The van der Waals surface area contributed by atoms with E-state index >= 15 is 0 Å². The Balaban J connectivity index is 1.78. The first kappa shape index (κ1) is 24.0. The SMILES string of the molecule is COc1ccc(-c2cc(C(F)(F)F)n3ncc(C(=O)NCc4c(C)nn(C)c4C)c3n2)cc1OC. The molecule has 0 aliphatic rings. The standard InChI is InChI=1S/C23H23F3N6O3/c1-12-15(13(2)31(3)30-12)10-27-22(33)16-11-28-32-20(23(24,25)26)9-17(29-21(16)32)14-6-7-18(34-4)19(8-14)35-5/h6-9,11H,10H2,1-5H3,(H,27,33). The Labute approximate surface area is 198 Å². The zero-order valence-electron chi connectivity index (χ0n) is 19.7. The van der Waals surface area contributed by atoms with Crippen LogP contribution in [-0.2, 0) is 19.8 Å². The molecule has 9 nitrogen and oxygen atoms in total. The summed E-state index contributed by atoms with van der Waals surface area (Å²) in [4.78, 5) is 17.3. The van der Waals surface area contributed by atoms with E-state index in [4.69, 9.17) is 9.47 Å². The van der Waals surface area contributed by atoms with Gasteiger partial charge in [-0.15, -0.1) is 0 Å². The summed E-state index contributed by atoms with van der Waals surface area (Å²) in [6.07, 6.45) is -3.66. The van der Waals surface area contributed by atoms with Crippen LogP contribution in [0.5, 0.6) is 11.5 Å². The number of halogens is 3. The lowest BCUT2D eigenvalue weighted by Crippen LogP contribution is -2.23. The van der Waals surface area contributed by atoms with Gasteiger partial charge in [-0.25, -0.2) is 9.50 Å². The van der Waals surface area contributed by atoms with Gasteiger partial charge < -0.3 is 14.8 Å². The number of carbonyl (C=O) groups is 1. The molecule has 0 unspecified atom stereocenters. The lowest BCUT2D eigenvalue weighted by molar-refractivity contribution is -0.142. The third-order valence-electron chi connectivity index (χ3n) is 5.77. The molecule has 0 aliphatic heterocycles. The maximum absolute atomic E-state index is 13.9. The molecule has 3 heterocycles. The van der Waals surface area contributed by atoms with Crippen LogP contribution in [0.25, 0.3) is 16.9 Å². The molecule has 4 rings (SSSR count). The third kappa shape index (κ3) is 4.38. The van der Waals surface area contributed by atoms with Crippen LogP contribution in [0.15, 0.2) is 30.5 Å². The predicted octanol–water partition coefficient (Wildman–Crippen LogP) is 3.71. The van der Waals surface area contributed by atoms with Gasteiger partial charge in [0.2, 0.25) is 0 Å². The van der Waals surface area contributed by atoms with Gasteiger partial charge in [0.1, 0.15) is 5.56 Å². The minimum absolute atomic E-state index is 0.000670. The molecule has 35 heavy (non-hydrogen) atoms. The Morgan fingerprint density at radius 1 is 1.11 bits per heavy atom. The highest BCUT2D eigenvalue weighted by atomic mass is 19.4. The van der Waals surface area contributed by atoms with Crippen molar-refractivity contribution in [3.63, 3.8) is 0 Å². The molecule has 0 fully saturated rings. The number of hydrogen-bond donors (Lipinski definition) is 1. The first-order valence-corrected chi connectivity index (χ1v) is 10.5. The van der Waals surface area contributed by atoms with Gasteiger partial charge in [-0.3, -0.25) is 9.48 Å². The normalized spacial score (nSPS) is 11.7. The Kier molecular flexibility index (Phi) is 6.14. The van der Waals surface area contributed by atoms with E-state index in [1.165, 1.54) is 20.3 Å². The number of aromatic nitrogens is 5. The first-order valence-electron chi connectivity index (χ1n) is 10.5. The van der Waals surface area contributed by atoms with Crippen molar-refractivity contribution >= 4 is 11.6 Å². The minimum atomic E-state index is -4.74. The highest BCUT2D eigenvalue weighted by Crippen LogP contribution is 2.35. The van der Waals surface area contributed by atoms with Crippen molar-refractivity contribution < 1.29 is 27.4 Å². The quantitative estimate of drug-likeness (QED) is 0.445. The second-order valence-electron chi connectivity index (χ2n) is 7.84. The number of hydrogen-bond acceptors (Lipinski definition) is 6. The Morgan fingerprint density at radius 3 is 2.43 bits per heavy atom. The molecule has 0 atom stereocenters. The van der Waals surface area contributed by atoms with Crippen molar-refractivity contribution in [2.75, 3.05) is 14.2 Å². The summed E-state index contributed by atoms with van der Waals surface area (Å²) >= 11 is 0. The monoisotopic (exact) mass is 488 g/mol. The zero-order valence-corrected chi connectivity index (χ0v) is 19.7. The van der Waals surface area contributed by atoms with E-state index in [0.29, 0.717) is 21.6 Å². The van der Waals surface area contributed by atoms with Crippen molar-refractivity contribution in [2.24, 2.45) is 7.05 Å². The van der Waals surface area contributed by atoms with Crippen LogP contribution in [0.4, 0.5) is 13.2 Å². The molecule has 1 amide bonds. The Bertz CT molecular complexity index is 1420. The molecule has 0 saturated carbocycles. The molecule has 1 N–H and O–H groups in total. The summed E-state index contributed by atoms with van der Waals surface area (Å²) in [5.74, 6) is 0.139. The number of aryl methyl sites for hydroxylation is 2. The van der Waals surface area contributed by atoms with Crippen molar-refractivity contribution in [3.8, 4) is 22.8 Å². The second kappa shape index (κ2) is 8.93. The van der Waals surface area contributed by atoms with E-state index in [9.17, 15) is 18.0 Å².